The van der Waals surface area contributed by atoms with E-state index >= 15 is 0 Å². The number of phenolic OH excluding ortho intramolecular Hbond substituents is 3. The largest absolute Gasteiger partial charge is 0.505 e. The summed E-state index contributed by atoms with van der Waals surface area (Å²) in [7, 11) is 6.57. The first-order valence-electron chi connectivity index (χ1n) is 13.8. The van der Waals surface area contributed by atoms with Crippen molar-refractivity contribution in [1.29, 1.82) is 0 Å². The minimum absolute atomic E-state index is 0.0398. The highest BCUT2D eigenvalue weighted by Crippen LogP contribution is 2.52. The Hall–Kier alpha value is -4.49. The average molecular weight is 595 g/mol. The number of carbonyl (C=O) groups excluding carboxylic acids is 5. The Morgan fingerprint density at radius 1 is 1.02 bits per heavy atom. The minimum Gasteiger partial charge on any atom is -0.505 e. The molecule has 2 saturated carbocycles. The molecule has 5 rings (SSSR count). The first-order valence-corrected chi connectivity index (χ1v) is 13.8. The second-order valence-electron chi connectivity index (χ2n) is 12.0. The standard InChI is InChI=1S/C30H34N4O9/c1-33(2)17-10-16(32-11-12-5-6-18(35)19(36)7-12)24(37)21-14(17)8-13-9-15-23(34(3)4)26(39)22(29(31)42)28(41)30(15,43)27(40)20(13)25(21)38/h5-7,10,13,15,20,22-23,32,35-37,43H,8-9,11H2,1-4H3,(H2,31,42)/t13-,15-,20?,22?,23-,30-/m1/s1. The number of amides is 1. The zero-order valence-corrected chi connectivity index (χ0v) is 24.1. The molecule has 6 atom stereocenters. The molecule has 43 heavy (non-hydrogen) atoms. The van der Waals surface area contributed by atoms with Gasteiger partial charge in [0.2, 0.25) is 5.91 Å². The lowest BCUT2D eigenvalue weighted by Crippen LogP contribution is -2.74. The van der Waals surface area contributed by atoms with Gasteiger partial charge in [0.05, 0.1) is 23.2 Å². The van der Waals surface area contributed by atoms with Crippen LogP contribution in [0.3, 0.4) is 0 Å². The molecular weight excluding hydrogens is 560 g/mol. The number of Topliss-reactive ketones (excluding diaryl/α,β-unsaturated/α-hetero) is 4. The molecular formula is C30H34N4O9. The Bertz CT molecular complexity index is 1590. The number of anilines is 2. The van der Waals surface area contributed by atoms with Gasteiger partial charge in [-0.15, -0.1) is 0 Å². The summed E-state index contributed by atoms with van der Waals surface area (Å²) in [6.45, 7) is 0.0939. The van der Waals surface area contributed by atoms with E-state index in [4.69, 9.17) is 5.73 Å². The Labute approximate surface area is 246 Å². The fourth-order valence-corrected chi connectivity index (χ4v) is 7.06. The summed E-state index contributed by atoms with van der Waals surface area (Å²) in [6, 6.07) is 4.68. The highest BCUT2D eigenvalue weighted by Gasteiger charge is 2.69. The van der Waals surface area contributed by atoms with Gasteiger partial charge < -0.3 is 36.4 Å². The topological polar surface area (TPSA) is 211 Å². The summed E-state index contributed by atoms with van der Waals surface area (Å²) in [4.78, 5) is 70.2. The summed E-state index contributed by atoms with van der Waals surface area (Å²) < 4.78 is 0. The molecule has 2 fully saturated rings. The number of fused-ring (bicyclic) bond motifs is 3. The van der Waals surface area contributed by atoms with E-state index in [9.17, 15) is 44.4 Å². The number of nitrogens with one attached hydrogen (secondary N) is 1. The van der Waals surface area contributed by atoms with Gasteiger partial charge >= 0.3 is 0 Å². The third-order valence-corrected chi connectivity index (χ3v) is 9.04. The number of aromatic hydroxyl groups is 3. The van der Waals surface area contributed by atoms with Gasteiger partial charge in [0, 0.05) is 32.2 Å². The van der Waals surface area contributed by atoms with Gasteiger partial charge in [-0.25, -0.2) is 0 Å². The monoisotopic (exact) mass is 594 g/mol. The van der Waals surface area contributed by atoms with Crippen molar-refractivity contribution in [3.05, 3.63) is 41.0 Å². The lowest BCUT2D eigenvalue weighted by atomic mass is 9.52. The van der Waals surface area contributed by atoms with Gasteiger partial charge in [-0.2, -0.15) is 0 Å². The molecule has 228 valence electrons. The molecule has 13 heteroatoms. The van der Waals surface area contributed by atoms with Gasteiger partial charge in [-0.3, -0.25) is 28.9 Å². The van der Waals surface area contributed by atoms with Crippen LogP contribution in [0.15, 0.2) is 24.3 Å². The van der Waals surface area contributed by atoms with Crippen LogP contribution in [0.1, 0.15) is 27.9 Å². The van der Waals surface area contributed by atoms with E-state index in [-0.39, 0.29) is 42.1 Å². The summed E-state index contributed by atoms with van der Waals surface area (Å²) in [5.41, 5.74) is 4.21. The predicted octanol–water partition coefficient (Wildman–Crippen LogP) is -0.0437. The van der Waals surface area contributed by atoms with Crippen LogP contribution < -0.4 is 16.0 Å². The predicted molar refractivity (Wildman–Crippen MR) is 153 cm³/mol. The number of benzene rings is 2. The SMILES string of the molecule is CN(C)c1cc(NCc2ccc(O)c(O)c2)c(O)c2c1C[C@@H]1C[C@@H]3[C@@H](N(C)C)C(=O)C(C(N)=O)C(=O)[C@]3(O)C(=O)C1C2=O. The number of ketones is 4. The third kappa shape index (κ3) is 4.41. The Balaban J connectivity index is 1.59. The first kappa shape index (κ1) is 30.0. The van der Waals surface area contributed by atoms with Crippen molar-refractivity contribution in [2.75, 3.05) is 38.4 Å². The molecule has 0 bridgehead atoms. The van der Waals surface area contributed by atoms with E-state index in [1.807, 2.05) is 0 Å². The molecule has 7 N–H and O–H groups in total. The minimum atomic E-state index is -2.80. The maximum atomic E-state index is 14.1. The summed E-state index contributed by atoms with van der Waals surface area (Å²) in [5.74, 6) is -11.8. The average Bonchev–Trinajstić information content (AvgIpc) is 2.91. The van der Waals surface area contributed by atoms with Crippen LogP contribution in [0.5, 0.6) is 17.2 Å². The van der Waals surface area contributed by atoms with Crippen molar-refractivity contribution >= 4 is 40.4 Å². The molecule has 2 unspecified atom stereocenters. The number of carbonyl (C=O) groups is 5. The number of rotatable bonds is 6. The maximum Gasteiger partial charge on any atom is 0.235 e. The van der Waals surface area contributed by atoms with Gasteiger partial charge in [0.15, 0.2) is 46.2 Å². The Morgan fingerprint density at radius 3 is 2.28 bits per heavy atom. The van der Waals surface area contributed by atoms with E-state index in [0.29, 0.717) is 16.8 Å². The molecule has 0 radical (unpaired) electrons. The molecule has 2 aromatic rings. The molecule has 3 aliphatic rings. The molecule has 1 amide bonds. The number of aliphatic hydroxyl groups is 1. The van der Waals surface area contributed by atoms with Crippen LogP contribution in [0, 0.1) is 23.7 Å². The second kappa shape index (κ2) is 10.3. The van der Waals surface area contributed by atoms with Crippen molar-refractivity contribution in [2.24, 2.45) is 29.4 Å². The van der Waals surface area contributed by atoms with E-state index < -0.39 is 70.1 Å². The van der Waals surface area contributed by atoms with Crippen LogP contribution in [-0.4, -0.2) is 94.2 Å². The van der Waals surface area contributed by atoms with Gasteiger partial charge in [0.25, 0.3) is 0 Å². The highest BCUT2D eigenvalue weighted by atomic mass is 16.3. The molecule has 0 heterocycles. The van der Waals surface area contributed by atoms with E-state index in [0.717, 1.165) is 0 Å². The highest BCUT2D eigenvalue weighted by molar-refractivity contribution is 6.32. The number of hydrogen-bond donors (Lipinski definition) is 6. The first-order chi connectivity index (χ1) is 20.1. The van der Waals surface area contributed by atoms with Crippen LogP contribution in [-0.2, 0) is 32.1 Å². The molecule has 0 aliphatic heterocycles. The van der Waals surface area contributed by atoms with Gasteiger partial charge in [-0.05, 0) is 62.2 Å². The smallest absolute Gasteiger partial charge is 0.235 e. The Kier molecular flexibility index (Phi) is 7.22. The van der Waals surface area contributed by atoms with E-state index in [1.54, 1.807) is 31.1 Å². The number of nitrogens with zero attached hydrogens (tertiary/aromatic N) is 2. The number of hydrogen-bond acceptors (Lipinski definition) is 12. The quantitative estimate of drug-likeness (QED) is 0.192. The van der Waals surface area contributed by atoms with Crippen LogP contribution in [0.25, 0.3) is 0 Å². The van der Waals surface area contributed by atoms with Crippen LogP contribution in [0.2, 0.25) is 0 Å². The van der Waals surface area contributed by atoms with E-state index in [2.05, 4.69) is 5.32 Å². The molecule has 2 aromatic carbocycles. The fourth-order valence-electron chi connectivity index (χ4n) is 7.06. The number of phenols is 3. The summed E-state index contributed by atoms with van der Waals surface area (Å²) in [5, 5.41) is 45.5. The zero-order chi connectivity index (χ0) is 31.7. The zero-order valence-electron chi connectivity index (χ0n) is 24.1. The van der Waals surface area contributed by atoms with Crippen LogP contribution >= 0.6 is 0 Å². The van der Waals surface area contributed by atoms with Crippen molar-refractivity contribution in [3.63, 3.8) is 0 Å². The van der Waals surface area contributed by atoms with Crippen molar-refractivity contribution in [2.45, 2.75) is 31.0 Å². The lowest BCUT2D eigenvalue weighted by Gasteiger charge is -2.52. The number of nitrogens with two attached hydrogens (primary N) is 1. The van der Waals surface area contributed by atoms with Crippen LogP contribution in [0.4, 0.5) is 11.4 Å². The molecule has 3 aliphatic carbocycles. The normalized spacial score (nSPS) is 28.3. The van der Waals surface area contributed by atoms with Gasteiger partial charge in [0.1, 0.15) is 5.75 Å². The molecule has 0 saturated heterocycles. The number of likely N-dealkylation sites (N-methyl/N-ethyl adjacent to an activating group) is 1. The molecule has 0 spiro atoms. The van der Waals surface area contributed by atoms with Crippen molar-refractivity contribution < 1.29 is 44.4 Å². The third-order valence-electron chi connectivity index (χ3n) is 9.04. The lowest BCUT2D eigenvalue weighted by molar-refractivity contribution is -0.181. The fraction of sp³-hybridized carbons (Fsp3) is 0.433. The van der Waals surface area contributed by atoms with Crippen molar-refractivity contribution in [3.8, 4) is 17.2 Å². The molecule has 0 aromatic heterocycles. The summed E-state index contributed by atoms with van der Waals surface area (Å²) in [6.07, 6.45) is 0.0981. The summed E-state index contributed by atoms with van der Waals surface area (Å²) >= 11 is 0. The Morgan fingerprint density at radius 2 is 1.70 bits per heavy atom. The second-order valence-corrected chi connectivity index (χ2v) is 12.0. The van der Waals surface area contributed by atoms with Crippen molar-refractivity contribution in [1.82, 2.24) is 4.90 Å². The van der Waals surface area contributed by atoms with Gasteiger partial charge in [-0.1, -0.05) is 6.07 Å². The maximum absolute atomic E-state index is 14.1. The molecule has 13 nitrogen and oxygen atoms in total. The number of primary amides is 1. The van der Waals surface area contributed by atoms with E-state index in [1.165, 1.54) is 31.1 Å².